The summed E-state index contributed by atoms with van der Waals surface area (Å²) in [4.78, 5) is 22.7. The van der Waals surface area contributed by atoms with Gasteiger partial charge in [-0.05, 0) is 12.1 Å². The number of rotatable bonds is 5. The summed E-state index contributed by atoms with van der Waals surface area (Å²) in [6.45, 7) is 3.53. The van der Waals surface area contributed by atoms with Gasteiger partial charge in [-0.1, -0.05) is 0 Å². The van der Waals surface area contributed by atoms with Crippen molar-refractivity contribution in [1.82, 2.24) is 25.1 Å². The molecule has 1 aliphatic heterocycles. The van der Waals surface area contributed by atoms with E-state index in [1.807, 2.05) is 0 Å². The smallest absolute Gasteiger partial charge is 0.242 e. The number of aromatic nitrogens is 4. The molecular weight excluding hydrogens is 284 g/mol. The zero-order valence-corrected chi connectivity index (χ0v) is 12.2. The maximum absolute atomic E-state index is 11.8. The van der Waals surface area contributed by atoms with Crippen molar-refractivity contribution in [3.05, 3.63) is 36.4 Å². The predicted molar refractivity (Wildman–Crippen MR) is 79.1 cm³/mol. The highest BCUT2D eigenvalue weighted by molar-refractivity contribution is 5.75. The lowest BCUT2D eigenvalue weighted by Gasteiger charge is -2.26. The second kappa shape index (κ2) is 6.99. The average Bonchev–Trinajstić information content (AvgIpc) is 3.07. The quantitative estimate of drug-likeness (QED) is 0.825. The molecule has 2 aromatic rings. The number of carbonyl (C=O) groups excluding carboxylic acids is 1. The fraction of sp³-hybridized carbons (Fsp3) is 0.429. The second-order valence-electron chi connectivity index (χ2n) is 4.93. The summed E-state index contributed by atoms with van der Waals surface area (Å²) in [5, 5.41) is 6.83. The largest absolute Gasteiger partial charge is 0.378 e. The molecule has 0 saturated carbocycles. The van der Waals surface area contributed by atoms with Crippen molar-refractivity contribution in [3.8, 4) is 0 Å². The van der Waals surface area contributed by atoms with Gasteiger partial charge in [0.2, 0.25) is 11.9 Å². The Kier molecular flexibility index (Phi) is 4.59. The first kappa shape index (κ1) is 14.5. The Hall–Kier alpha value is -2.48. The van der Waals surface area contributed by atoms with Gasteiger partial charge in [0.15, 0.2) is 0 Å². The van der Waals surface area contributed by atoms with Gasteiger partial charge < -0.3 is 15.0 Å². The normalized spacial score (nSPS) is 14.8. The molecule has 0 aliphatic carbocycles. The van der Waals surface area contributed by atoms with Crippen LogP contribution in [0, 0.1) is 0 Å². The molecule has 1 amide bonds. The first-order valence-electron chi connectivity index (χ1n) is 7.20. The molecule has 1 saturated heterocycles. The molecule has 0 atom stereocenters. The molecular formula is C14H18N6O2. The van der Waals surface area contributed by atoms with E-state index >= 15 is 0 Å². The van der Waals surface area contributed by atoms with Crippen LogP contribution in [-0.2, 0) is 22.6 Å². The number of anilines is 1. The van der Waals surface area contributed by atoms with Gasteiger partial charge in [0.05, 0.1) is 25.5 Å². The number of morpholine rings is 1. The number of hydrogen-bond acceptors (Lipinski definition) is 6. The van der Waals surface area contributed by atoms with Crippen LogP contribution in [-0.4, -0.2) is 52.0 Å². The van der Waals surface area contributed by atoms with Crippen LogP contribution < -0.4 is 10.2 Å². The number of nitrogens with zero attached hydrogens (tertiary/aromatic N) is 5. The molecule has 1 N–H and O–H groups in total. The Bertz CT molecular complexity index is 610. The Morgan fingerprint density at radius 2 is 2.18 bits per heavy atom. The van der Waals surface area contributed by atoms with E-state index in [2.05, 4.69) is 25.3 Å². The highest BCUT2D eigenvalue weighted by Crippen LogP contribution is 2.09. The molecule has 0 aromatic carbocycles. The van der Waals surface area contributed by atoms with Crippen molar-refractivity contribution in [2.75, 3.05) is 31.2 Å². The van der Waals surface area contributed by atoms with Gasteiger partial charge in [0, 0.05) is 31.7 Å². The molecule has 0 spiro atoms. The maximum atomic E-state index is 11.8. The summed E-state index contributed by atoms with van der Waals surface area (Å²) < 4.78 is 6.90. The van der Waals surface area contributed by atoms with Crippen LogP contribution in [0.5, 0.6) is 0 Å². The zero-order chi connectivity index (χ0) is 15.2. The van der Waals surface area contributed by atoms with Gasteiger partial charge in [-0.2, -0.15) is 5.10 Å². The minimum Gasteiger partial charge on any atom is -0.378 e. The van der Waals surface area contributed by atoms with Crippen molar-refractivity contribution < 1.29 is 9.53 Å². The summed E-state index contributed by atoms with van der Waals surface area (Å²) in [5.41, 5.74) is 0.783. The maximum Gasteiger partial charge on any atom is 0.242 e. The summed E-state index contributed by atoms with van der Waals surface area (Å²) in [5.74, 6) is 0.581. The van der Waals surface area contributed by atoms with Crippen molar-refractivity contribution >= 4 is 11.9 Å². The third-order valence-electron chi connectivity index (χ3n) is 3.33. The van der Waals surface area contributed by atoms with E-state index in [4.69, 9.17) is 4.74 Å². The minimum absolute atomic E-state index is 0.102. The van der Waals surface area contributed by atoms with Crippen molar-refractivity contribution in [2.24, 2.45) is 0 Å². The molecule has 8 nitrogen and oxygen atoms in total. The number of hydrogen-bond donors (Lipinski definition) is 1. The molecule has 0 radical (unpaired) electrons. The van der Waals surface area contributed by atoms with Crippen LogP contribution in [0.3, 0.4) is 0 Å². The molecule has 3 heterocycles. The van der Waals surface area contributed by atoms with E-state index in [1.54, 1.807) is 35.4 Å². The fourth-order valence-corrected chi connectivity index (χ4v) is 2.18. The molecule has 22 heavy (non-hydrogen) atoms. The highest BCUT2D eigenvalue weighted by Gasteiger charge is 2.14. The standard InChI is InChI=1S/C14H18N6O2/c21-13(11-20-5-1-3-17-20)16-10-12-2-4-15-14(18-12)19-6-8-22-9-7-19/h1-5H,6-11H2,(H,16,21). The Morgan fingerprint density at radius 3 is 2.95 bits per heavy atom. The van der Waals surface area contributed by atoms with Crippen LogP contribution in [0.1, 0.15) is 5.69 Å². The van der Waals surface area contributed by atoms with E-state index in [1.165, 1.54) is 0 Å². The number of amides is 1. The Balaban J connectivity index is 1.54. The van der Waals surface area contributed by atoms with Crippen LogP contribution in [0.25, 0.3) is 0 Å². The van der Waals surface area contributed by atoms with Crippen LogP contribution in [0.15, 0.2) is 30.7 Å². The minimum atomic E-state index is -0.102. The van der Waals surface area contributed by atoms with E-state index in [-0.39, 0.29) is 12.5 Å². The van der Waals surface area contributed by atoms with Gasteiger partial charge in [-0.15, -0.1) is 0 Å². The topological polar surface area (TPSA) is 85.2 Å². The number of carbonyl (C=O) groups is 1. The lowest BCUT2D eigenvalue weighted by atomic mass is 10.4. The lowest BCUT2D eigenvalue weighted by Crippen LogP contribution is -2.37. The van der Waals surface area contributed by atoms with Gasteiger partial charge >= 0.3 is 0 Å². The molecule has 3 rings (SSSR count). The molecule has 1 fully saturated rings. The van der Waals surface area contributed by atoms with Gasteiger partial charge in [-0.25, -0.2) is 9.97 Å². The monoisotopic (exact) mass is 302 g/mol. The second-order valence-corrected chi connectivity index (χ2v) is 4.93. The number of nitrogens with one attached hydrogen (secondary N) is 1. The van der Waals surface area contributed by atoms with Crippen molar-refractivity contribution in [1.29, 1.82) is 0 Å². The summed E-state index contributed by atoms with van der Waals surface area (Å²) in [7, 11) is 0. The van der Waals surface area contributed by atoms with Crippen LogP contribution >= 0.6 is 0 Å². The highest BCUT2D eigenvalue weighted by atomic mass is 16.5. The molecule has 8 heteroatoms. The van der Waals surface area contributed by atoms with E-state index in [9.17, 15) is 4.79 Å². The van der Waals surface area contributed by atoms with Crippen molar-refractivity contribution in [3.63, 3.8) is 0 Å². The predicted octanol–water partition coefficient (Wildman–Crippen LogP) is -0.174. The molecule has 116 valence electrons. The SMILES string of the molecule is O=C(Cn1cccn1)NCc1ccnc(N2CCOCC2)n1. The fourth-order valence-electron chi connectivity index (χ4n) is 2.18. The Labute approximate surface area is 128 Å². The zero-order valence-electron chi connectivity index (χ0n) is 12.2. The van der Waals surface area contributed by atoms with Gasteiger partial charge in [0.1, 0.15) is 6.54 Å². The summed E-state index contributed by atoms with van der Waals surface area (Å²) >= 11 is 0. The third-order valence-corrected chi connectivity index (χ3v) is 3.33. The molecule has 0 bridgehead atoms. The Morgan fingerprint density at radius 1 is 1.32 bits per heavy atom. The average molecular weight is 302 g/mol. The van der Waals surface area contributed by atoms with Gasteiger partial charge in [-0.3, -0.25) is 9.48 Å². The summed E-state index contributed by atoms with van der Waals surface area (Å²) in [6.07, 6.45) is 5.11. The van der Waals surface area contributed by atoms with Crippen LogP contribution in [0.2, 0.25) is 0 Å². The molecule has 0 unspecified atom stereocenters. The first-order chi connectivity index (χ1) is 10.8. The number of ether oxygens (including phenoxy) is 1. The first-order valence-corrected chi connectivity index (χ1v) is 7.20. The van der Waals surface area contributed by atoms with Gasteiger partial charge in [0.25, 0.3) is 0 Å². The van der Waals surface area contributed by atoms with Crippen LogP contribution in [0.4, 0.5) is 5.95 Å². The molecule has 2 aromatic heterocycles. The van der Waals surface area contributed by atoms with E-state index < -0.39 is 0 Å². The lowest BCUT2D eigenvalue weighted by molar-refractivity contribution is -0.122. The summed E-state index contributed by atoms with van der Waals surface area (Å²) in [6, 6.07) is 3.59. The van der Waals surface area contributed by atoms with Crippen molar-refractivity contribution in [2.45, 2.75) is 13.1 Å². The molecule has 1 aliphatic rings. The van der Waals surface area contributed by atoms with E-state index in [0.29, 0.717) is 25.7 Å². The third kappa shape index (κ3) is 3.79. The van der Waals surface area contributed by atoms with E-state index in [0.717, 1.165) is 18.8 Å².